The van der Waals surface area contributed by atoms with Crippen LogP contribution in [0, 0.1) is 0 Å². The van der Waals surface area contributed by atoms with Crippen LogP contribution in [0.5, 0.6) is 11.5 Å². The molecule has 0 fully saturated rings. The molecule has 0 atom stereocenters. The van der Waals surface area contributed by atoms with Crippen LogP contribution in [0.15, 0.2) is 48.5 Å². The highest BCUT2D eigenvalue weighted by atomic mass is 35.5. The van der Waals surface area contributed by atoms with Gasteiger partial charge in [-0.3, -0.25) is 0 Å². The molecule has 3 aromatic carbocycles. The van der Waals surface area contributed by atoms with Gasteiger partial charge in [-0.25, -0.2) is 4.79 Å². The number of hydrogen-bond donors (Lipinski definition) is 0. The summed E-state index contributed by atoms with van der Waals surface area (Å²) >= 11 is 13.5. The standard InChI is InChI=1S/C32H34Cl2O3/c1-3-5-7-9-13-21-17-25-29(19-27(21)33)36-30-20-28(34)22(14-10-8-6-4-2)18-26(30)32(25)24-16-12-11-15-23(24)31(35)37-32/h11-12,15-20H,3-10,13-14H2,1-2H3. The smallest absolute Gasteiger partial charge is 0.340 e. The van der Waals surface area contributed by atoms with Crippen molar-refractivity contribution in [2.75, 3.05) is 0 Å². The molecule has 5 rings (SSSR count). The maximum Gasteiger partial charge on any atom is 0.340 e. The van der Waals surface area contributed by atoms with Gasteiger partial charge < -0.3 is 9.47 Å². The van der Waals surface area contributed by atoms with Gasteiger partial charge in [0.05, 0.1) is 5.56 Å². The molecule has 0 aliphatic carbocycles. The lowest BCUT2D eigenvalue weighted by Crippen LogP contribution is -2.33. The highest BCUT2D eigenvalue weighted by Crippen LogP contribution is 2.57. The van der Waals surface area contributed by atoms with Crippen LogP contribution in [0.25, 0.3) is 0 Å². The Balaban J connectivity index is 1.65. The van der Waals surface area contributed by atoms with E-state index in [-0.39, 0.29) is 5.97 Å². The topological polar surface area (TPSA) is 35.5 Å². The van der Waals surface area contributed by atoms with E-state index in [0.717, 1.165) is 66.3 Å². The second-order valence-electron chi connectivity index (χ2n) is 10.2. The highest BCUT2D eigenvalue weighted by molar-refractivity contribution is 6.32. The third-order valence-corrected chi connectivity index (χ3v) is 8.35. The Bertz CT molecular complexity index is 1250. The minimum atomic E-state index is -1.10. The number of halogens is 2. The lowest BCUT2D eigenvalue weighted by Gasteiger charge is -2.37. The van der Waals surface area contributed by atoms with Crippen molar-refractivity contribution < 1.29 is 14.3 Å². The van der Waals surface area contributed by atoms with Crippen molar-refractivity contribution in [1.82, 2.24) is 0 Å². The van der Waals surface area contributed by atoms with Crippen molar-refractivity contribution in [3.63, 3.8) is 0 Å². The molecule has 0 aromatic heterocycles. The molecule has 0 N–H and O–H groups in total. The fourth-order valence-electron chi connectivity index (χ4n) is 5.67. The summed E-state index contributed by atoms with van der Waals surface area (Å²) in [6, 6.07) is 15.6. The molecule has 0 bridgehead atoms. The SMILES string of the molecule is CCCCCCc1cc2c(cc1Cl)Oc1cc(Cl)c(CCCCCC)cc1C21OC(=O)c2ccccc21. The molecule has 0 amide bonds. The first-order valence-corrected chi connectivity index (χ1v) is 14.4. The molecule has 37 heavy (non-hydrogen) atoms. The second kappa shape index (κ2) is 11.1. The van der Waals surface area contributed by atoms with Crippen molar-refractivity contribution >= 4 is 29.2 Å². The zero-order chi connectivity index (χ0) is 26.0. The quantitative estimate of drug-likeness (QED) is 0.191. The molecule has 0 radical (unpaired) electrons. The van der Waals surface area contributed by atoms with Crippen molar-refractivity contribution in [1.29, 1.82) is 0 Å². The molecule has 2 heterocycles. The average molecular weight is 538 g/mol. The van der Waals surface area contributed by atoms with Crippen LogP contribution in [0.4, 0.5) is 0 Å². The van der Waals surface area contributed by atoms with Crippen LogP contribution >= 0.6 is 23.2 Å². The second-order valence-corrected chi connectivity index (χ2v) is 11.0. The summed E-state index contributed by atoms with van der Waals surface area (Å²) in [6.45, 7) is 4.42. The maximum absolute atomic E-state index is 13.2. The lowest BCUT2D eigenvalue weighted by molar-refractivity contribution is 0.0224. The Morgan fingerprint density at radius 3 is 1.78 bits per heavy atom. The number of ether oxygens (including phenoxy) is 2. The third-order valence-electron chi connectivity index (χ3n) is 7.65. The molecular formula is C32H34Cl2O3. The Morgan fingerprint density at radius 1 is 0.703 bits per heavy atom. The van der Waals surface area contributed by atoms with Crippen LogP contribution in [-0.2, 0) is 23.2 Å². The molecule has 2 aliphatic heterocycles. The minimum Gasteiger partial charge on any atom is -0.456 e. The highest BCUT2D eigenvalue weighted by Gasteiger charge is 2.53. The first kappa shape index (κ1) is 26.1. The first-order chi connectivity index (χ1) is 18.0. The predicted octanol–water partition coefficient (Wildman–Crippen LogP) is 9.81. The molecule has 5 heteroatoms. The van der Waals surface area contributed by atoms with Crippen molar-refractivity contribution in [2.45, 2.75) is 83.7 Å². The number of carbonyl (C=O) groups is 1. The maximum atomic E-state index is 13.2. The number of carbonyl (C=O) groups excluding carboxylic acids is 1. The van der Waals surface area contributed by atoms with Gasteiger partial charge in [-0.1, -0.05) is 93.8 Å². The van der Waals surface area contributed by atoms with Crippen molar-refractivity contribution in [3.8, 4) is 11.5 Å². The molecular weight excluding hydrogens is 503 g/mol. The van der Waals surface area contributed by atoms with Crippen LogP contribution in [-0.4, -0.2) is 5.97 Å². The molecule has 0 unspecified atom stereocenters. The van der Waals surface area contributed by atoms with Crippen molar-refractivity contribution in [2.24, 2.45) is 0 Å². The summed E-state index contributed by atoms with van der Waals surface area (Å²) in [5, 5.41) is 1.34. The van der Waals surface area contributed by atoms with Gasteiger partial charge in [0, 0.05) is 38.9 Å². The number of rotatable bonds is 10. The first-order valence-electron chi connectivity index (χ1n) is 13.7. The van der Waals surface area contributed by atoms with Crippen LogP contribution in [0.3, 0.4) is 0 Å². The third kappa shape index (κ3) is 4.77. The van der Waals surface area contributed by atoms with Gasteiger partial charge in [-0.05, 0) is 55.0 Å². The predicted molar refractivity (Wildman–Crippen MR) is 150 cm³/mol. The number of unbranched alkanes of at least 4 members (excludes halogenated alkanes) is 6. The number of aryl methyl sites for hydroxylation is 2. The fraction of sp³-hybridized carbons (Fsp3) is 0.406. The van der Waals surface area contributed by atoms with Gasteiger partial charge in [0.2, 0.25) is 0 Å². The molecule has 3 nitrogen and oxygen atoms in total. The van der Waals surface area contributed by atoms with E-state index in [0.29, 0.717) is 27.1 Å². The van der Waals surface area contributed by atoms with Gasteiger partial charge in [0.1, 0.15) is 11.5 Å². The van der Waals surface area contributed by atoms with Gasteiger partial charge in [0.15, 0.2) is 5.60 Å². The van der Waals surface area contributed by atoms with Gasteiger partial charge in [-0.15, -0.1) is 0 Å². The van der Waals surface area contributed by atoms with E-state index in [1.807, 2.05) is 36.4 Å². The average Bonchev–Trinajstić information content (AvgIpc) is 3.18. The van der Waals surface area contributed by atoms with Crippen molar-refractivity contribution in [3.05, 3.63) is 92.0 Å². The number of esters is 1. The van der Waals surface area contributed by atoms with Crippen LogP contribution in [0.1, 0.15) is 103 Å². The van der Waals surface area contributed by atoms with E-state index in [1.165, 1.54) is 25.7 Å². The lowest BCUT2D eigenvalue weighted by atomic mass is 9.76. The van der Waals surface area contributed by atoms with Gasteiger partial charge in [-0.2, -0.15) is 0 Å². The monoisotopic (exact) mass is 536 g/mol. The number of hydrogen-bond acceptors (Lipinski definition) is 3. The molecule has 2 aliphatic rings. The Morgan fingerprint density at radius 2 is 1.24 bits per heavy atom. The molecule has 0 saturated heterocycles. The van der Waals surface area contributed by atoms with E-state index >= 15 is 0 Å². The summed E-state index contributed by atoms with van der Waals surface area (Å²) in [4.78, 5) is 13.2. The van der Waals surface area contributed by atoms with E-state index in [4.69, 9.17) is 32.7 Å². The van der Waals surface area contributed by atoms with E-state index in [2.05, 4.69) is 26.0 Å². The Kier molecular flexibility index (Phi) is 7.83. The summed E-state index contributed by atoms with van der Waals surface area (Å²) in [5.74, 6) is 0.880. The Labute approximate surface area is 230 Å². The fourth-order valence-corrected chi connectivity index (χ4v) is 6.16. The molecule has 3 aromatic rings. The normalized spacial score (nSPS) is 14.6. The zero-order valence-corrected chi connectivity index (χ0v) is 23.2. The van der Waals surface area contributed by atoms with Gasteiger partial charge in [0.25, 0.3) is 0 Å². The summed E-state index contributed by atoms with van der Waals surface area (Å²) in [7, 11) is 0. The van der Waals surface area contributed by atoms with E-state index < -0.39 is 5.60 Å². The summed E-state index contributed by atoms with van der Waals surface area (Å²) in [6.07, 6.45) is 10.9. The van der Waals surface area contributed by atoms with Gasteiger partial charge >= 0.3 is 5.97 Å². The largest absolute Gasteiger partial charge is 0.456 e. The molecule has 1 spiro atoms. The zero-order valence-electron chi connectivity index (χ0n) is 21.7. The summed E-state index contributed by atoms with van der Waals surface area (Å²) in [5.41, 5.74) is 4.08. The van der Waals surface area contributed by atoms with Crippen LogP contribution < -0.4 is 4.74 Å². The summed E-state index contributed by atoms with van der Waals surface area (Å²) < 4.78 is 12.8. The number of fused-ring (bicyclic) bond motifs is 6. The van der Waals surface area contributed by atoms with Crippen LogP contribution in [0.2, 0.25) is 10.0 Å². The Hall–Kier alpha value is -2.49. The van der Waals surface area contributed by atoms with E-state index in [9.17, 15) is 4.79 Å². The number of benzene rings is 3. The molecule has 194 valence electrons. The minimum absolute atomic E-state index is 0.326. The molecule has 0 saturated carbocycles. The van der Waals surface area contributed by atoms with E-state index in [1.54, 1.807) is 0 Å².